The van der Waals surface area contributed by atoms with Crippen LogP contribution in [0.1, 0.15) is 32.1 Å². The molecule has 0 saturated carbocycles. The molecule has 1 N–H and O–H groups in total. The maximum absolute atomic E-state index is 12.5. The molecular weight excluding hydrogens is 290 g/mol. The molecule has 22 heavy (non-hydrogen) atoms. The molecule has 8 nitrogen and oxygen atoms in total. The Kier molecular flexibility index (Phi) is 3.26. The first-order chi connectivity index (χ1) is 10.3. The Morgan fingerprint density at radius 3 is 2.68 bits per heavy atom. The fourth-order valence-corrected chi connectivity index (χ4v) is 3.33. The largest absolute Gasteiger partial charge is 0.338 e. The van der Waals surface area contributed by atoms with Crippen molar-refractivity contribution in [2.75, 3.05) is 7.05 Å². The van der Waals surface area contributed by atoms with Crippen molar-refractivity contribution in [3.8, 4) is 0 Å². The maximum Gasteiger partial charge on any atom is 0.330 e. The summed E-state index contributed by atoms with van der Waals surface area (Å²) >= 11 is 0. The topological polar surface area (TPSA) is 93.6 Å². The van der Waals surface area contributed by atoms with Gasteiger partial charge in [0.1, 0.15) is 6.10 Å². The number of aromatic nitrogens is 2. The van der Waals surface area contributed by atoms with E-state index in [0.29, 0.717) is 12.0 Å². The number of ether oxygens (including phenoxy) is 1. The maximum atomic E-state index is 12.5. The standard InChI is InChI=1S/C14H19N3O5/c1-5-14-8(3)9(22-16(4)12(14)19)11(21-14)17-6-7(2)10(18)15-13(17)20/h6,8-9,11H,5H2,1-4H3,(H,15,18,20)/t8?,9-,11+,14+/m0/s1. The molecule has 3 heterocycles. The van der Waals surface area contributed by atoms with Gasteiger partial charge in [0.05, 0.1) is 0 Å². The Labute approximate surface area is 126 Å². The first kappa shape index (κ1) is 15.0. The average Bonchev–Trinajstić information content (AvgIpc) is 2.69. The number of likely N-dealkylation sites (N-methyl/N-ethyl adjacent to an activating group) is 1. The van der Waals surface area contributed by atoms with Crippen molar-refractivity contribution in [1.82, 2.24) is 14.6 Å². The smallest absolute Gasteiger partial charge is 0.330 e. The molecule has 0 radical (unpaired) electrons. The van der Waals surface area contributed by atoms with Gasteiger partial charge in [0.25, 0.3) is 11.5 Å². The van der Waals surface area contributed by atoms with E-state index in [9.17, 15) is 14.4 Å². The number of carbonyl (C=O) groups excluding carboxylic acids is 1. The molecule has 4 atom stereocenters. The first-order valence-electron chi connectivity index (χ1n) is 7.26. The van der Waals surface area contributed by atoms with Crippen LogP contribution < -0.4 is 11.2 Å². The van der Waals surface area contributed by atoms with E-state index in [-0.39, 0.29) is 11.8 Å². The first-order valence-corrected chi connectivity index (χ1v) is 7.26. The van der Waals surface area contributed by atoms with Crippen LogP contribution in [-0.2, 0) is 14.4 Å². The Hall–Kier alpha value is -1.93. The minimum absolute atomic E-state index is 0.203. The van der Waals surface area contributed by atoms with Crippen LogP contribution in [0, 0.1) is 12.8 Å². The summed E-state index contributed by atoms with van der Waals surface area (Å²) in [7, 11) is 1.54. The Bertz CT molecular complexity index is 739. The molecule has 1 aromatic heterocycles. The van der Waals surface area contributed by atoms with E-state index < -0.39 is 29.2 Å². The molecular formula is C14H19N3O5. The lowest BCUT2D eigenvalue weighted by Crippen LogP contribution is -2.56. The zero-order valence-corrected chi connectivity index (χ0v) is 13.0. The highest BCUT2D eigenvalue weighted by Crippen LogP contribution is 2.48. The summed E-state index contributed by atoms with van der Waals surface area (Å²) < 4.78 is 7.30. The molecule has 1 amide bonds. The minimum atomic E-state index is -1.01. The minimum Gasteiger partial charge on any atom is -0.338 e. The van der Waals surface area contributed by atoms with Gasteiger partial charge in [-0.3, -0.25) is 24.0 Å². The number of hydrogen-bond acceptors (Lipinski definition) is 5. The van der Waals surface area contributed by atoms with Gasteiger partial charge in [0.15, 0.2) is 11.8 Å². The number of nitrogens with zero attached hydrogens (tertiary/aromatic N) is 2. The summed E-state index contributed by atoms with van der Waals surface area (Å²) in [6, 6.07) is 0. The van der Waals surface area contributed by atoms with E-state index in [1.54, 1.807) is 6.92 Å². The van der Waals surface area contributed by atoms with Gasteiger partial charge in [0, 0.05) is 24.7 Å². The molecule has 2 fully saturated rings. The number of amides is 1. The summed E-state index contributed by atoms with van der Waals surface area (Å²) in [5.41, 5.74) is -1.63. The van der Waals surface area contributed by atoms with Gasteiger partial charge in [-0.25, -0.2) is 9.86 Å². The highest BCUT2D eigenvalue weighted by Gasteiger charge is 2.63. The highest BCUT2D eigenvalue weighted by molar-refractivity contribution is 5.85. The number of aryl methyl sites for hydroxylation is 1. The second-order valence-electron chi connectivity index (χ2n) is 5.89. The van der Waals surface area contributed by atoms with Crippen molar-refractivity contribution in [1.29, 1.82) is 0 Å². The molecule has 1 unspecified atom stereocenters. The third-order valence-electron chi connectivity index (χ3n) is 4.71. The quantitative estimate of drug-likeness (QED) is 0.825. The van der Waals surface area contributed by atoms with Crippen molar-refractivity contribution in [3.63, 3.8) is 0 Å². The van der Waals surface area contributed by atoms with Gasteiger partial charge >= 0.3 is 5.69 Å². The number of aromatic amines is 1. The molecule has 3 rings (SSSR count). The lowest BCUT2D eigenvalue weighted by atomic mass is 9.83. The van der Waals surface area contributed by atoms with Gasteiger partial charge < -0.3 is 4.74 Å². The van der Waals surface area contributed by atoms with E-state index in [0.717, 1.165) is 0 Å². The third-order valence-corrected chi connectivity index (χ3v) is 4.71. The van der Waals surface area contributed by atoms with Crippen LogP contribution >= 0.6 is 0 Å². The Balaban J connectivity index is 2.12. The number of fused-ring (bicyclic) bond motifs is 2. The second-order valence-corrected chi connectivity index (χ2v) is 5.89. The number of hydroxylamine groups is 2. The normalized spacial score (nSPS) is 34.3. The molecule has 8 heteroatoms. The summed E-state index contributed by atoms with van der Waals surface area (Å²) in [5.74, 6) is -0.458. The number of nitrogens with one attached hydrogen (secondary N) is 1. The summed E-state index contributed by atoms with van der Waals surface area (Å²) in [6.07, 6.45) is 0.680. The lowest BCUT2D eigenvalue weighted by molar-refractivity contribution is -0.229. The third kappa shape index (κ3) is 1.80. The van der Waals surface area contributed by atoms with Crippen LogP contribution in [0.25, 0.3) is 0 Å². The predicted molar refractivity (Wildman–Crippen MR) is 76.0 cm³/mol. The zero-order chi connectivity index (χ0) is 16.2. The molecule has 0 aromatic carbocycles. The monoisotopic (exact) mass is 309 g/mol. The molecule has 2 bridgehead atoms. The van der Waals surface area contributed by atoms with E-state index >= 15 is 0 Å². The van der Waals surface area contributed by atoms with Gasteiger partial charge in [-0.05, 0) is 13.3 Å². The molecule has 0 spiro atoms. The number of rotatable bonds is 2. The van der Waals surface area contributed by atoms with Gasteiger partial charge in [-0.15, -0.1) is 0 Å². The highest BCUT2D eigenvalue weighted by atomic mass is 16.7. The summed E-state index contributed by atoms with van der Waals surface area (Å²) in [6.45, 7) is 5.35. The molecule has 2 aliphatic rings. The van der Waals surface area contributed by atoms with Gasteiger partial charge in [0.2, 0.25) is 0 Å². The molecule has 1 aromatic rings. The molecule has 120 valence electrons. The van der Waals surface area contributed by atoms with Gasteiger partial charge in [-0.1, -0.05) is 13.8 Å². The fourth-order valence-electron chi connectivity index (χ4n) is 3.33. The van der Waals surface area contributed by atoms with Crippen LogP contribution in [0.2, 0.25) is 0 Å². The molecule has 2 aliphatic heterocycles. The fraction of sp³-hybridized carbons (Fsp3) is 0.643. The van der Waals surface area contributed by atoms with Crippen molar-refractivity contribution in [3.05, 3.63) is 32.6 Å². The molecule has 2 saturated heterocycles. The molecule has 0 aliphatic carbocycles. The van der Waals surface area contributed by atoms with Crippen molar-refractivity contribution >= 4 is 5.91 Å². The van der Waals surface area contributed by atoms with Crippen LogP contribution in [0.3, 0.4) is 0 Å². The lowest BCUT2D eigenvalue weighted by Gasteiger charge is -2.38. The zero-order valence-electron chi connectivity index (χ0n) is 13.0. The van der Waals surface area contributed by atoms with Crippen molar-refractivity contribution in [2.45, 2.75) is 45.1 Å². The van der Waals surface area contributed by atoms with Crippen molar-refractivity contribution in [2.24, 2.45) is 5.92 Å². The van der Waals surface area contributed by atoms with E-state index in [4.69, 9.17) is 9.57 Å². The van der Waals surface area contributed by atoms with Crippen molar-refractivity contribution < 1.29 is 14.4 Å². The Morgan fingerprint density at radius 1 is 1.36 bits per heavy atom. The number of carbonyl (C=O) groups is 1. The predicted octanol–water partition coefficient (Wildman–Crippen LogP) is -0.0691. The van der Waals surface area contributed by atoms with E-state index in [2.05, 4.69) is 4.98 Å². The van der Waals surface area contributed by atoms with Crippen LogP contribution in [0.4, 0.5) is 0 Å². The van der Waals surface area contributed by atoms with Crippen LogP contribution in [0.5, 0.6) is 0 Å². The number of hydrogen-bond donors (Lipinski definition) is 1. The van der Waals surface area contributed by atoms with E-state index in [1.165, 1.54) is 22.9 Å². The average molecular weight is 309 g/mol. The van der Waals surface area contributed by atoms with Crippen LogP contribution in [-0.4, -0.2) is 39.3 Å². The van der Waals surface area contributed by atoms with E-state index in [1.807, 2.05) is 13.8 Å². The summed E-state index contributed by atoms with van der Waals surface area (Å²) in [5, 5.41) is 1.18. The summed E-state index contributed by atoms with van der Waals surface area (Å²) in [4.78, 5) is 44.0. The van der Waals surface area contributed by atoms with Crippen LogP contribution in [0.15, 0.2) is 15.8 Å². The SMILES string of the molecule is CC[C@]12O[C@@H](n3cc(C)c(=O)[nH]c3=O)[C@@H](ON(C)C1=O)C2C. The number of H-pyrrole nitrogens is 1. The Morgan fingerprint density at radius 2 is 2.05 bits per heavy atom. The second kappa shape index (κ2) is 4.79. The van der Waals surface area contributed by atoms with Gasteiger partial charge in [-0.2, -0.15) is 0 Å².